The summed E-state index contributed by atoms with van der Waals surface area (Å²) in [6, 6.07) is 10.2. The first-order valence-electron chi connectivity index (χ1n) is 7.34. The van der Waals surface area contributed by atoms with Crippen LogP contribution < -0.4 is 4.90 Å². The van der Waals surface area contributed by atoms with Gasteiger partial charge in [0.2, 0.25) is 5.91 Å². The Morgan fingerprint density at radius 3 is 2.65 bits per heavy atom. The lowest BCUT2D eigenvalue weighted by Gasteiger charge is -2.23. The zero-order valence-corrected chi connectivity index (χ0v) is 14.2. The summed E-state index contributed by atoms with van der Waals surface area (Å²) in [7, 11) is 0. The number of hydrogen-bond donors (Lipinski definition) is 0. The van der Waals surface area contributed by atoms with Crippen LogP contribution >= 0.6 is 15.9 Å². The third-order valence-corrected chi connectivity index (χ3v) is 4.49. The van der Waals surface area contributed by atoms with E-state index >= 15 is 0 Å². The zero-order chi connectivity index (χ0) is 16.6. The molecule has 1 amide bonds. The number of fused-ring (bicyclic) bond motifs is 1. The maximum Gasteiger partial charge on any atom is 0.227 e. The number of halogens is 2. The molecule has 0 atom stereocenters. The Kier molecular flexibility index (Phi) is 4.31. The lowest BCUT2D eigenvalue weighted by Crippen LogP contribution is -2.29. The number of carbonyl (C=O) groups excluding carboxylic acids is 2. The molecule has 0 spiro atoms. The third-order valence-electron chi connectivity index (χ3n) is 3.99. The number of rotatable bonds is 2. The SMILES string of the molecule is Cc1ccc(CN2C(=O)CCC(=O)c3ccc(Br)cc32)cc1F. The molecule has 1 aliphatic heterocycles. The number of nitrogens with zero attached hydrogens (tertiary/aromatic N) is 1. The number of hydrogen-bond acceptors (Lipinski definition) is 2. The van der Waals surface area contributed by atoms with Gasteiger partial charge in [-0.05, 0) is 42.3 Å². The van der Waals surface area contributed by atoms with Gasteiger partial charge in [-0.1, -0.05) is 28.1 Å². The molecule has 3 nitrogen and oxygen atoms in total. The summed E-state index contributed by atoms with van der Waals surface area (Å²) in [5.74, 6) is -0.468. The number of benzene rings is 2. The van der Waals surface area contributed by atoms with E-state index in [1.807, 2.05) is 0 Å². The van der Waals surface area contributed by atoms with Crippen molar-refractivity contribution in [3.8, 4) is 0 Å². The Hall–Kier alpha value is -2.01. The highest BCUT2D eigenvalue weighted by atomic mass is 79.9. The molecule has 2 aromatic carbocycles. The van der Waals surface area contributed by atoms with Crippen LogP contribution in [-0.2, 0) is 11.3 Å². The van der Waals surface area contributed by atoms with E-state index in [9.17, 15) is 14.0 Å². The fourth-order valence-corrected chi connectivity index (χ4v) is 3.03. The van der Waals surface area contributed by atoms with Crippen LogP contribution in [0.5, 0.6) is 0 Å². The van der Waals surface area contributed by atoms with Crippen LogP contribution in [0.25, 0.3) is 0 Å². The summed E-state index contributed by atoms with van der Waals surface area (Å²) < 4.78 is 14.6. The van der Waals surface area contributed by atoms with E-state index in [1.165, 1.54) is 6.07 Å². The van der Waals surface area contributed by atoms with E-state index in [0.717, 1.165) is 4.47 Å². The van der Waals surface area contributed by atoms with Crippen molar-refractivity contribution in [2.75, 3.05) is 4.90 Å². The van der Waals surface area contributed by atoms with Gasteiger partial charge in [-0.25, -0.2) is 4.39 Å². The molecule has 2 aromatic rings. The molecule has 0 radical (unpaired) electrons. The Labute approximate surface area is 142 Å². The summed E-state index contributed by atoms with van der Waals surface area (Å²) in [5, 5.41) is 0. The number of anilines is 1. The quantitative estimate of drug-likeness (QED) is 0.779. The first kappa shape index (κ1) is 15.9. The van der Waals surface area contributed by atoms with E-state index < -0.39 is 0 Å². The Morgan fingerprint density at radius 1 is 1.13 bits per heavy atom. The molecule has 0 saturated carbocycles. The van der Waals surface area contributed by atoms with Gasteiger partial charge >= 0.3 is 0 Å². The highest BCUT2D eigenvalue weighted by Gasteiger charge is 2.27. The highest BCUT2D eigenvalue weighted by Crippen LogP contribution is 2.31. The fraction of sp³-hybridized carbons (Fsp3) is 0.222. The normalized spacial score (nSPS) is 14.7. The first-order chi connectivity index (χ1) is 11.0. The number of aryl methyl sites for hydroxylation is 1. The van der Waals surface area contributed by atoms with Crippen LogP contribution in [0.2, 0.25) is 0 Å². The molecule has 0 unspecified atom stereocenters. The molecule has 0 N–H and O–H groups in total. The minimum absolute atomic E-state index is 0.0431. The van der Waals surface area contributed by atoms with Gasteiger partial charge in [-0.15, -0.1) is 0 Å². The lowest BCUT2D eigenvalue weighted by atomic mass is 10.1. The summed E-state index contributed by atoms with van der Waals surface area (Å²) in [5.41, 5.74) is 2.37. The van der Waals surface area contributed by atoms with Crippen molar-refractivity contribution >= 4 is 33.3 Å². The van der Waals surface area contributed by atoms with Crippen molar-refractivity contribution in [3.63, 3.8) is 0 Å². The van der Waals surface area contributed by atoms with Crippen LogP contribution in [0.3, 0.4) is 0 Å². The van der Waals surface area contributed by atoms with Gasteiger partial charge in [0.15, 0.2) is 5.78 Å². The predicted octanol–water partition coefficient (Wildman–Crippen LogP) is 4.41. The van der Waals surface area contributed by atoms with E-state index in [4.69, 9.17) is 0 Å². The Morgan fingerprint density at radius 2 is 1.91 bits per heavy atom. The van der Waals surface area contributed by atoms with Crippen LogP contribution in [0.1, 0.15) is 34.3 Å². The molecule has 1 aliphatic rings. The molecule has 5 heteroatoms. The van der Waals surface area contributed by atoms with Gasteiger partial charge in [-0.3, -0.25) is 9.59 Å². The predicted molar refractivity (Wildman–Crippen MR) is 90.0 cm³/mol. The number of carbonyl (C=O) groups is 2. The second-order valence-electron chi connectivity index (χ2n) is 5.65. The zero-order valence-electron chi connectivity index (χ0n) is 12.6. The summed E-state index contributed by atoms with van der Waals surface area (Å²) in [4.78, 5) is 26.2. The number of amides is 1. The Bertz CT molecular complexity index is 804. The molecule has 23 heavy (non-hydrogen) atoms. The molecule has 0 aliphatic carbocycles. The van der Waals surface area contributed by atoms with Crippen LogP contribution in [-0.4, -0.2) is 11.7 Å². The van der Waals surface area contributed by atoms with E-state index in [1.54, 1.807) is 42.2 Å². The van der Waals surface area contributed by atoms with Crippen LogP contribution in [0.4, 0.5) is 10.1 Å². The van der Waals surface area contributed by atoms with Crippen molar-refractivity contribution in [2.45, 2.75) is 26.3 Å². The third kappa shape index (κ3) is 3.20. The molecular formula is C18H15BrFNO2. The van der Waals surface area contributed by atoms with Crippen molar-refractivity contribution in [3.05, 3.63) is 63.4 Å². The van der Waals surface area contributed by atoms with Crippen LogP contribution in [0, 0.1) is 12.7 Å². The van der Waals surface area contributed by atoms with Crippen LogP contribution in [0.15, 0.2) is 40.9 Å². The highest BCUT2D eigenvalue weighted by molar-refractivity contribution is 9.10. The van der Waals surface area contributed by atoms with Crippen molar-refractivity contribution in [1.82, 2.24) is 0 Å². The van der Waals surface area contributed by atoms with E-state index in [0.29, 0.717) is 22.4 Å². The maximum absolute atomic E-state index is 13.8. The average molecular weight is 376 g/mol. The number of ketones is 1. The molecule has 0 fully saturated rings. The average Bonchev–Trinajstić information content (AvgIpc) is 2.63. The standard InChI is InChI=1S/C18H15BrFNO2/c1-11-2-3-12(8-15(11)20)10-21-16-9-13(19)4-5-14(16)17(22)6-7-18(21)23/h2-5,8-9H,6-7,10H2,1H3. The molecule has 1 heterocycles. The fourth-order valence-electron chi connectivity index (χ4n) is 2.68. The maximum atomic E-state index is 13.8. The van der Waals surface area contributed by atoms with E-state index in [-0.39, 0.29) is 36.9 Å². The molecule has 3 rings (SSSR count). The van der Waals surface area contributed by atoms with Gasteiger partial charge in [0.25, 0.3) is 0 Å². The van der Waals surface area contributed by atoms with Gasteiger partial charge in [0.05, 0.1) is 12.2 Å². The lowest BCUT2D eigenvalue weighted by molar-refractivity contribution is -0.118. The summed E-state index contributed by atoms with van der Waals surface area (Å²) in [6.45, 7) is 1.94. The van der Waals surface area contributed by atoms with Gasteiger partial charge < -0.3 is 4.90 Å². The van der Waals surface area contributed by atoms with Crippen molar-refractivity contribution < 1.29 is 14.0 Å². The smallest absolute Gasteiger partial charge is 0.227 e. The van der Waals surface area contributed by atoms with Crippen molar-refractivity contribution in [1.29, 1.82) is 0 Å². The topological polar surface area (TPSA) is 37.4 Å². The van der Waals surface area contributed by atoms with Crippen molar-refractivity contribution in [2.24, 2.45) is 0 Å². The number of Topliss-reactive ketones (excluding diaryl/α,β-unsaturated/α-hetero) is 1. The minimum Gasteiger partial charge on any atom is -0.307 e. The van der Waals surface area contributed by atoms with Gasteiger partial charge in [0, 0.05) is 22.9 Å². The Balaban J connectivity index is 2.04. The largest absolute Gasteiger partial charge is 0.307 e. The van der Waals surface area contributed by atoms with E-state index in [2.05, 4.69) is 15.9 Å². The molecule has 0 bridgehead atoms. The second kappa shape index (κ2) is 6.24. The molecule has 0 saturated heterocycles. The van der Waals surface area contributed by atoms with Gasteiger partial charge in [-0.2, -0.15) is 0 Å². The summed E-state index contributed by atoms with van der Waals surface area (Å²) in [6.07, 6.45) is 0.367. The first-order valence-corrected chi connectivity index (χ1v) is 8.13. The molecule has 118 valence electrons. The minimum atomic E-state index is -0.296. The molecular weight excluding hydrogens is 361 g/mol. The monoisotopic (exact) mass is 375 g/mol. The molecule has 0 aromatic heterocycles. The second-order valence-corrected chi connectivity index (χ2v) is 6.56. The summed E-state index contributed by atoms with van der Waals surface area (Å²) >= 11 is 3.38. The van der Waals surface area contributed by atoms with Gasteiger partial charge in [0.1, 0.15) is 5.82 Å².